The molecule has 2 aromatic rings. The van der Waals surface area contributed by atoms with Crippen LogP contribution in [0.15, 0.2) is 30.6 Å². The van der Waals surface area contributed by atoms with Crippen LogP contribution < -0.4 is 4.74 Å². The van der Waals surface area contributed by atoms with Crippen molar-refractivity contribution < 1.29 is 14.6 Å². The molecule has 0 aliphatic rings. The van der Waals surface area contributed by atoms with E-state index in [1.165, 1.54) is 12.3 Å². The first-order chi connectivity index (χ1) is 8.56. The number of carboxylic acid groups (broad SMARTS) is 1. The summed E-state index contributed by atoms with van der Waals surface area (Å²) in [5, 5.41) is 8.83. The van der Waals surface area contributed by atoms with Crippen molar-refractivity contribution in [1.82, 2.24) is 9.97 Å². The van der Waals surface area contributed by atoms with Crippen molar-refractivity contribution in [1.29, 1.82) is 0 Å². The maximum Gasteiger partial charge on any atom is 0.337 e. The van der Waals surface area contributed by atoms with E-state index in [4.69, 9.17) is 9.84 Å². The lowest BCUT2D eigenvalue weighted by atomic mass is 10.2. The van der Waals surface area contributed by atoms with Gasteiger partial charge in [-0.15, -0.1) is 0 Å². The minimum absolute atomic E-state index is 0.141. The van der Waals surface area contributed by atoms with Gasteiger partial charge in [0.05, 0.1) is 11.8 Å². The summed E-state index contributed by atoms with van der Waals surface area (Å²) in [6.07, 6.45) is 2.87. The number of aryl methyl sites for hydroxylation is 2. The van der Waals surface area contributed by atoms with Crippen LogP contribution in [-0.2, 0) is 0 Å². The summed E-state index contributed by atoms with van der Waals surface area (Å²) in [6.45, 7) is 3.63. The number of rotatable bonds is 3. The quantitative estimate of drug-likeness (QED) is 0.898. The van der Waals surface area contributed by atoms with Gasteiger partial charge in [0.2, 0.25) is 5.88 Å². The topological polar surface area (TPSA) is 72.3 Å². The summed E-state index contributed by atoms with van der Waals surface area (Å²) in [7, 11) is 0. The van der Waals surface area contributed by atoms with Crippen LogP contribution in [0, 0.1) is 13.8 Å². The monoisotopic (exact) mass is 244 g/mol. The number of nitrogens with zero attached hydrogens (tertiary/aromatic N) is 2. The zero-order valence-corrected chi connectivity index (χ0v) is 10.0. The van der Waals surface area contributed by atoms with E-state index < -0.39 is 5.97 Å². The summed E-state index contributed by atoms with van der Waals surface area (Å²) in [6, 6.07) is 5.14. The zero-order valence-electron chi connectivity index (χ0n) is 10.0. The lowest BCUT2D eigenvalue weighted by molar-refractivity contribution is 0.0696. The number of hydrogen-bond donors (Lipinski definition) is 1. The average molecular weight is 244 g/mol. The molecule has 0 aliphatic carbocycles. The Kier molecular flexibility index (Phi) is 3.23. The summed E-state index contributed by atoms with van der Waals surface area (Å²) >= 11 is 0. The Hall–Kier alpha value is -2.43. The van der Waals surface area contributed by atoms with Crippen LogP contribution in [0.5, 0.6) is 11.6 Å². The zero-order chi connectivity index (χ0) is 13.1. The van der Waals surface area contributed by atoms with Crippen LogP contribution in [-0.4, -0.2) is 21.0 Å². The molecule has 92 valence electrons. The Morgan fingerprint density at radius 1 is 1.22 bits per heavy atom. The molecule has 0 aliphatic heterocycles. The van der Waals surface area contributed by atoms with Crippen molar-refractivity contribution >= 4 is 5.97 Å². The molecule has 0 saturated heterocycles. The SMILES string of the molecule is Cc1ccc(Oc2ncc(C(=O)O)cc2C)cn1. The minimum Gasteiger partial charge on any atom is -0.478 e. The van der Waals surface area contributed by atoms with E-state index >= 15 is 0 Å². The first kappa shape index (κ1) is 12.0. The van der Waals surface area contributed by atoms with Crippen molar-refractivity contribution in [2.24, 2.45) is 0 Å². The van der Waals surface area contributed by atoms with Crippen LogP contribution in [0.2, 0.25) is 0 Å². The average Bonchev–Trinajstić information content (AvgIpc) is 2.34. The Bertz CT molecular complexity index is 579. The number of carboxylic acids is 1. The normalized spacial score (nSPS) is 10.1. The van der Waals surface area contributed by atoms with E-state index in [-0.39, 0.29) is 5.56 Å². The summed E-state index contributed by atoms with van der Waals surface area (Å²) in [5.74, 6) is -0.0564. The fourth-order valence-corrected chi connectivity index (χ4v) is 1.41. The predicted octanol–water partition coefficient (Wildman–Crippen LogP) is 2.58. The maximum atomic E-state index is 10.8. The van der Waals surface area contributed by atoms with Gasteiger partial charge in [0, 0.05) is 17.5 Å². The lowest BCUT2D eigenvalue weighted by Crippen LogP contribution is -2.00. The fourth-order valence-electron chi connectivity index (χ4n) is 1.41. The number of aromatic carboxylic acids is 1. The molecule has 0 radical (unpaired) electrons. The largest absolute Gasteiger partial charge is 0.478 e. The molecule has 0 amide bonds. The summed E-state index contributed by atoms with van der Waals surface area (Å²) in [4.78, 5) is 18.9. The van der Waals surface area contributed by atoms with Gasteiger partial charge >= 0.3 is 5.97 Å². The molecule has 0 fully saturated rings. The molecule has 0 aromatic carbocycles. The van der Waals surface area contributed by atoms with Gasteiger partial charge in [-0.3, -0.25) is 4.98 Å². The van der Waals surface area contributed by atoms with E-state index in [1.54, 1.807) is 19.2 Å². The second-order valence-corrected chi connectivity index (χ2v) is 3.89. The second-order valence-electron chi connectivity index (χ2n) is 3.89. The molecule has 18 heavy (non-hydrogen) atoms. The van der Waals surface area contributed by atoms with Crippen LogP contribution >= 0.6 is 0 Å². The highest BCUT2D eigenvalue weighted by Gasteiger charge is 2.08. The Balaban J connectivity index is 2.24. The highest BCUT2D eigenvalue weighted by atomic mass is 16.5. The second kappa shape index (κ2) is 4.83. The Morgan fingerprint density at radius 3 is 2.56 bits per heavy atom. The van der Waals surface area contributed by atoms with Gasteiger partial charge in [-0.25, -0.2) is 9.78 Å². The highest BCUT2D eigenvalue weighted by Crippen LogP contribution is 2.22. The van der Waals surface area contributed by atoms with Crippen LogP contribution in [0.4, 0.5) is 0 Å². The van der Waals surface area contributed by atoms with Crippen LogP contribution in [0.25, 0.3) is 0 Å². The van der Waals surface area contributed by atoms with E-state index in [0.29, 0.717) is 17.2 Å². The van der Waals surface area contributed by atoms with Gasteiger partial charge in [-0.2, -0.15) is 0 Å². The smallest absolute Gasteiger partial charge is 0.337 e. The molecular weight excluding hydrogens is 232 g/mol. The molecule has 0 bridgehead atoms. The molecule has 0 spiro atoms. The summed E-state index contributed by atoms with van der Waals surface area (Å²) in [5.41, 5.74) is 1.70. The van der Waals surface area contributed by atoms with Crippen molar-refractivity contribution in [2.45, 2.75) is 13.8 Å². The third kappa shape index (κ3) is 2.63. The molecule has 2 heterocycles. The number of carbonyl (C=O) groups is 1. The molecule has 0 unspecified atom stereocenters. The fraction of sp³-hybridized carbons (Fsp3) is 0.154. The molecule has 2 rings (SSSR count). The molecule has 2 aromatic heterocycles. The first-order valence-electron chi connectivity index (χ1n) is 5.36. The van der Waals surface area contributed by atoms with Crippen LogP contribution in [0.3, 0.4) is 0 Å². The van der Waals surface area contributed by atoms with Gasteiger partial charge in [0.1, 0.15) is 5.75 Å². The van der Waals surface area contributed by atoms with E-state index in [9.17, 15) is 4.79 Å². The van der Waals surface area contributed by atoms with Crippen molar-refractivity contribution in [2.75, 3.05) is 0 Å². The van der Waals surface area contributed by atoms with Crippen molar-refractivity contribution in [3.63, 3.8) is 0 Å². The predicted molar refractivity (Wildman–Crippen MR) is 65.0 cm³/mol. The van der Waals surface area contributed by atoms with Gasteiger partial charge < -0.3 is 9.84 Å². The molecule has 0 saturated carbocycles. The third-order valence-electron chi connectivity index (χ3n) is 2.38. The molecule has 5 nitrogen and oxygen atoms in total. The molecule has 0 atom stereocenters. The highest BCUT2D eigenvalue weighted by molar-refractivity contribution is 5.87. The number of aromatic nitrogens is 2. The van der Waals surface area contributed by atoms with Gasteiger partial charge in [0.15, 0.2) is 0 Å². The van der Waals surface area contributed by atoms with Gasteiger partial charge in [-0.1, -0.05) is 0 Å². The molecular formula is C13H12N2O3. The Labute approximate surface area is 104 Å². The number of pyridine rings is 2. The number of ether oxygens (including phenoxy) is 1. The van der Waals surface area contributed by atoms with E-state index in [1.807, 2.05) is 13.0 Å². The van der Waals surface area contributed by atoms with Gasteiger partial charge in [0.25, 0.3) is 0 Å². The Morgan fingerprint density at radius 2 is 2.00 bits per heavy atom. The minimum atomic E-state index is -1.01. The maximum absolute atomic E-state index is 10.8. The van der Waals surface area contributed by atoms with Crippen molar-refractivity contribution in [3.05, 3.63) is 47.4 Å². The molecule has 1 N–H and O–H groups in total. The van der Waals surface area contributed by atoms with Crippen LogP contribution in [0.1, 0.15) is 21.6 Å². The van der Waals surface area contributed by atoms with E-state index in [0.717, 1.165) is 5.69 Å². The first-order valence-corrected chi connectivity index (χ1v) is 5.36. The third-order valence-corrected chi connectivity index (χ3v) is 2.38. The lowest BCUT2D eigenvalue weighted by Gasteiger charge is -2.07. The van der Waals surface area contributed by atoms with Crippen molar-refractivity contribution in [3.8, 4) is 11.6 Å². The molecule has 5 heteroatoms. The van der Waals surface area contributed by atoms with E-state index in [2.05, 4.69) is 9.97 Å². The summed E-state index contributed by atoms with van der Waals surface area (Å²) < 4.78 is 5.53. The standard InChI is InChI=1S/C13H12N2O3/c1-8-5-10(13(16)17)6-15-12(8)18-11-4-3-9(2)14-7-11/h3-7H,1-2H3,(H,16,17). The van der Waals surface area contributed by atoms with Gasteiger partial charge in [-0.05, 0) is 32.0 Å². The number of hydrogen-bond acceptors (Lipinski definition) is 4.